The topological polar surface area (TPSA) is 30.5 Å². The molecule has 0 amide bonds. The summed E-state index contributed by atoms with van der Waals surface area (Å²) in [6, 6.07) is 6.35. The van der Waals surface area contributed by atoms with Crippen LogP contribution >= 0.6 is 0 Å². The zero-order valence-corrected chi connectivity index (χ0v) is 10.1. The van der Waals surface area contributed by atoms with Crippen molar-refractivity contribution >= 4 is 0 Å². The van der Waals surface area contributed by atoms with Crippen LogP contribution in [-0.4, -0.2) is 20.8 Å². The molecule has 88 valence electrons. The standard InChI is InChI=1S/C13H19NO2/c1-9-6-7-14-13(9)11-8-10(15-2)4-5-12(11)16-3/h4-5,8-9,13-14H,6-7H2,1-3H3. The van der Waals surface area contributed by atoms with Gasteiger partial charge in [-0.25, -0.2) is 0 Å². The fourth-order valence-corrected chi connectivity index (χ4v) is 2.33. The van der Waals surface area contributed by atoms with E-state index in [0.717, 1.165) is 18.0 Å². The molecule has 2 atom stereocenters. The van der Waals surface area contributed by atoms with Crippen LogP contribution in [0.3, 0.4) is 0 Å². The van der Waals surface area contributed by atoms with Crippen molar-refractivity contribution in [2.45, 2.75) is 19.4 Å². The second-order valence-corrected chi connectivity index (χ2v) is 4.31. The maximum Gasteiger partial charge on any atom is 0.123 e. The highest BCUT2D eigenvalue weighted by Gasteiger charge is 2.27. The lowest BCUT2D eigenvalue weighted by Gasteiger charge is -2.19. The van der Waals surface area contributed by atoms with Gasteiger partial charge in [0.05, 0.1) is 14.2 Å². The van der Waals surface area contributed by atoms with Crippen molar-refractivity contribution in [3.05, 3.63) is 23.8 Å². The monoisotopic (exact) mass is 221 g/mol. The van der Waals surface area contributed by atoms with Gasteiger partial charge in [0.2, 0.25) is 0 Å². The lowest BCUT2D eigenvalue weighted by molar-refractivity contribution is 0.385. The lowest BCUT2D eigenvalue weighted by atomic mass is 9.95. The summed E-state index contributed by atoms with van der Waals surface area (Å²) >= 11 is 0. The van der Waals surface area contributed by atoms with E-state index in [-0.39, 0.29) is 0 Å². The Labute approximate surface area is 96.8 Å². The van der Waals surface area contributed by atoms with E-state index >= 15 is 0 Å². The Morgan fingerprint density at radius 2 is 2.06 bits per heavy atom. The Hall–Kier alpha value is -1.22. The molecule has 1 aliphatic rings. The first kappa shape index (κ1) is 11.3. The minimum absolute atomic E-state index is 0.380. The van der Waals surface area contributed by atoms with Crippen LogP contribution in [0.15, 0.2) is 18.2 Å². The third kappa shape index (κ3) is 2.00. The molecule has 1 aromatic carbocycles. The lowest BCUT2D eigenvalue weighted by Crippen LogP contribution is -2.17. The average Bonchev–Trinajstić information content (AvgIpc) is 2.74. The highest BCUT2D eigenvalue weighted by Crippen LogP contribution is 2.36. The van der Waals surface area contributed by atoms with Crippen LogP contribution in [0, 0.1) is 5.92 Å². The number of ether oxygens (including phenoxy) is 2. The van der Waals surface area contributed by atoms with E-state index in [2.05, 4.69) is 18.3 Å². The first-order valence-electron chi connectivity index (χ1n) is 5.71. The van der Waals surface area contributed by atoms with Crippen molar-refractivity contribution in [3.8, 4) is 11.5 Å². The number of hydrogen-bond donors (Lipinski definition) is 1. The SMILES string of the molecule is COc1ccc(OC)c(C2NCCC2C)c1. The Balaban J connectivity index is 2.36. The predicted molar refractivity (Wildman–Crippen MR) is 64.1 cm³/mol. The fraction of sp³-hybridized carbons (Fsp3) is 0.538. The molecular weight excluding hydrogens is 202 g/mol. The fourth-order valence-electron chi connectivity index (χ4n) is 2.33. The molecule has 1 fully saturated rings. The van der Waals surface area contributed by atoms with Crippen molar-refractivity contribution in [1.82, 2.24) is 5.32 Å². The van der Waals surface area contributed by atoms with Gasteiger partial charge in [-0.1, -0.05) is 6.92 Å². The number of rotatable bonds is 3. The Kier molecular flexibility index (Phi) is 3.34. The molecular formula is C13H19NO2. The molecule has 3 heteroatoms. The van der Waals surface area contributed by atoms with Crippen LogP contribution < -0.4 is 14.8 Å². The summed E-state index contributed by atoms with van der Waals surface area (Å²) in [5.41, 5.74) is 1.20. The molecule has 2 rings (SSSR count). The molecule has 1 heterocycles. The molecule has 1 saturated heterocycles. The van der Waals surface area contributed by atoms with Crippen molar-refractivity contribution in [3.63, 3.8) is 0 Å². The average molecular weight is 221 g/mol. The van der Waals surface area contributed by atoms with E-state index in [0.29, 0.717) is 12.0 Å². The first-order chi connectivity index (χ1) is 7.76. The van der Waals surface area contributed by atoms with Crippen LogP contribution in [0.25, 0.3) is 0 Å². The van der Waals surface area contributed by atoms with Gasteiger partial charge in [-0.3, -0.25) is 0 Å². The van der Waals surface area contributed by atoms with Gasteiger partial charge in [-0.15, -0.1) is 0 Å². The van der Waals surface area contributed by atoms with E-state index < -0.39 is 0 Å². The van der Waals surface area contributed by atoms with E-state index in [4.69, 9.17) is 9.47 Å². The molecule has 0 spiro atoms. The largest absolute Gasteiger partial charge is 0.497 e. The number of methoxy groups -OCH3 is 2. The van der Waals surface area contributed by atoms with E-state index in [1.165, 1.54) is 12.0 Å². The van der Waals surface area contributed by atoms with Crippen LogP contribution in [-0.2, 0) is 0 Å². The van der Waals surface area contributed by atoms with Gasteiger partial charge in [0, 0.05) is 11.6 Å². The van der Waals surface area contributed by atoms with Gasteiger partial charge >= 0.3 is 0 Å². The molecule has 0 aliphatic carbocycles. The van der Waals surface area contributed by atoms with E-state index in [1.54, 1.807) is 14.2 Å². The normalized spacial score (nSPS) is 24.4. The number of nitrogens with one attached hydrogen (secondary N) is 1. The number of hydrogen-bond acceptors (Lipinski definition) is 3. The second-order valence-electron chi connectivity index (χ2n) is 4.31. The molecule has 1 aromatic rings. The zero-order chi connectivity index (χ0) is 11.5. The third-order valence-corrected chi connectivity index (χ3v) is 3.30. The molecule has 0 aromatic heterocycles. The predicted octanol–water partition coefficient (Wildman–Crippen LogP) is 2.37. The van der Waals surface area contributed by atoms with Crippen LogP contribution in [0.2, 0.25) is 0 Å². The summed E-state index contributed by atoms with van der Waals surface area (Å²) < 4.78 is 10.7. The summed E-state index contributed by atoms with van der Waals surface area (Å²) in [7, 11) is 3.40. The molecule has 1 N–H and O–H groups in total. The van der Waals surface area contributed by atoms with Crippen LogP contribution in [0.1, 0.15) is 24.9 Å². The smallest absolute Gasteiger partial charge is 0.123 e. The van der Waals surface area contributed by atoms with Crippen molar-refractivity contribution in [2.24, 2.45) is 5.92 Å². The maximum atomic E-state index is 5.41. The van der Waals surface area contributed by atoms with Gasteiger partial charge in [-0.2, -0.15) is 0 Å². The highest BCUT2D eigenvalue weighted by molar-refractivity contribution is 5.42. The molecule has 3 nitrogen and oxygen atoms in total. The summed E-state index contributed by atoms with van der Waals surface area (Å²) in [6.45, 7) is 3.34. The molecule has 2 unspecified atom stereocenters. The van der Waals surface area contributed by atoms with Gasteiger partial charge in [0.25, 0.3) is 0 Å². The second kappa shape index (κ2) is 4.74. The maximum absolute atomic E-state index is 5.41. The minimum Gasteiger partial charge on any atom is -0.497 e. The minimum atomic E-state index is 0.380. The van der Waals surface area contributed by atoms with Crippen molar-refractivity contribution in [2.75, 3.05) is 20.8 Å². The summed E-state index contributed by atoms with van der Waals surface area (Å²) in [5, 5.41) is 3.51. The quantitative estimate of drug-likeness (QED) is 0.850. The summed E-state index contributed by atoms with van der Waals surface area (Å²) in [4.78, 5) is 0. The Morgan fingerprint density at radius 1 is 1.25 bits per heavy atom. The van der Waals surface area contributed by atoms with Gasteiger partial charge in [0.15, 0.2) is 0 Å². The van der Waals surface area contributed by atoms with Crippen LogP contribution in [0.5, 0.6) is 11.5 Å². The molecule has 0 radical (unpaired) electrons. The molecule has 1 aliphatic heterocycles. The van der Waals surface area contributed by atoms with Crippen molar-refractivity contribution in [1.29, 1.82) is 0 Å². The summed E-state index contributed by atoms with van der Waals surface area (Å²) in [6.07, 6.45) is 1.21. The van der Waals surface area contributed by atoms with Crippen molar-refractivity contribution < 1.29 is 9.47 Å². The molecule has 0 bridgehead atoms. The third-order valence-electron chi connectivity index (χ3n) is 3.30. The Bertz CT molecular complexity index is 365. The van der Waals surface area contributed by atoms with Crippen LogP contribution in [0.4, 0.5) is 0 Å². The van der Waals surface area contributed by atoms with Gasteiger partial charge < -0.3 is 14.8 Å². The highest BCUT2D eigenvalue weighted by atomic mass is 16.5. The van der Waals surface area contributed by atoms with Gasteiger partial charge in [0.1, 0.15) is 11.5 Å². The first-order valence-corrected chi connectivity index (χ1v) is 5.71. The summed E-state index contributed by atoms with van der Waals surface area (Å²) in [5.74, 6) is 2.46. The van der Waals surface area contributed by atoms with Gasteiger partial charge in [-0.05, 0) is 37.1 Å². The molecule has 0 saturated carbocycles. The zero-order valence-electron chi connectivity index (χ0n) is 10.1. The molecule has 16 heavy (non-hydrogen) atoms. The van der Waals surface area contributed by atoms with E-state index in [1.807, 2.05) is 12.1 Å². The number of benzene rings is 1. The Morgan fingerprint density at radius 3 is 2.62 bits per heavy atom. The van der Waals surface area contributed by atoms with E-state index in [9.17, 15) is 0 Å².